The number of hydrogen-bond acceptors (Lipinski definition) is 3. The lowest BCUT2D eigenvalue weighted by atomic mass is 9.91. The van der Waals surface area contributed by atoms with Gasteiger partial charge >= 0.3 is 0 Å². The van der Waals surface area contributed by atoms with E-state index in [2.05, 4.69) is 5.32 Å². The molecular formula is C21H15F2NO2. The maximum Gasteiger partial charge on any atom is 0.193 e. The van der Waals surface area contributed by atoms with Crippen LogP contribution in [-0.2, 0) is 6.42 Å². The number of Topliss-reactive ketones (excluding diaryl/α,β-unsaturated/α-hetero) is 1. The Kier molecular flexibility index (Phi) is 4.01. The molecule has 4 rings (SSSR count). The van der Waals surface area contributed by atoms with Gasteiger partial charge in [0.25, 0.3) is 0 Å². The van der Waals surface area contributed by atoms with Crippen molar-refractivity contribution in [2.24, 2.45) is 0 Å². The predicted octanol–water partition coefficient (Wildman–Crippen LogP) is 4.23. The van der Waals surface area contributed by atoms with E-state index in [0.717, 1.165) is 11.6 Å². The Morgan fingerprint density at radius 3 is 2.77 bits per heavy atom. The Morgan fingerprint density at radius 1 is 1.12 bits per heavy atom. The molecule has 0 amide bonds. The van der Waals surface area contributed by atoms with E-state index in [0.29, 0.717) is 28.8 Å². The highest BCUT2D eigenvalue weighted by atomic mass is 19.1. The molecular weight excluding hydrogens is 336 g/mol. The lowest BCUT2D eigenvalue weighted by Crippen LogP contribution is -2.16. The molecule has 1 unspecified atom stereocenters. The maximum absolute atomic E-state index is 13.8. The number of aliphatic hydroxyl groups excluding tert-OH is 1. The van der Waals surface area contributed by atoms with Gasteiger partial charge in [-0.3, -0.25) is 4.79 Å². The number of benzene rings is 2. The van der Waals surface area contributed by atoms with Crippen molar-refractivity contribution < 1.29 is 18.7 Å². The van der Waals surface area contributed by atoms with E-state index in [1.165, 1.54) is 12.1 Å². The summed E-state index contributed by atoms with van der Waals surface area (Å²) in [5.74, 6) is -1.48. The molecule has 5 heteroatoms. The molecule has 0 saturated carbocycles. The van der Waals surface area contributed by atoms with Crippen LogP contribution in [0.2, 0.25) is 0 Å². The summed E-state index contributed by atoms with van der Waals surface area (Å²) in [4.78, 5) is 12.8. The predicted molar refractivity (Wildman–Crippen MR) is 95.4 cm³/mol. The van der Waals surface area contributed by atoms with Gasteiger partial charge in [0.15, 0.2) is 5.78 Å². The molecule has 2 aromatic rings. The molecule has 1 atom stereocenters. The van der Waals surface area contributed by atoms with Crippen molar-refractivity contribution in [3.8, 4) is 0 Å². The van der Waals surface area contributed by atoms with E-state index in [1.807, 2.05) is 6.08 Å². The van der Waals surface area contributed by atoms with E-state index < -0.39 is 17.7 Å². The summed E-state index contributed by atoms with van der Waals surface area (Å²) >= 11 is 0. The standard InChI is InChI=1S/C21H15F2NO2/c22-13-5-9-19(18(23)11-13)24-14-6-8-15-12(10-14)4-7-16-17(21(15)26)2-1-3-20(16)25/h1-3,5-11,20,24-25H,4H2. The number of fused-ring (bicyclic) bond motifs is 2. The second kappa shape index (κ2) is 6.35. The molecule has 26 heavy (non-hydrogen) atoms. The first kappa shape index (κ1) is 16.4. The van der Waals surface area contributed by atoms with Gasteiger partial charge in [0.05, 0.1) is 11.8 Å². The number of ketones is 1. The van der Waals surface area contributed by atoms with E-state index in [1.54, 1.807) is 36.4 Å². The molecule has 0 radical (unpaired) electrons. The molecule has 2 N–H and O–H groups in total. The first-order chi connectivity index (χ1) is 12.5. The summed E-state index contributed by atoms with van der Waals surface area (Å²) < 4.78 is 26.9. The highest BCUT2D eigenvalue weighted by Gasteiger charge is 2.26. The fourth-order valence-corrected chi connectivity index (χ4v) is 3.23. The molecule has 3 nitrogen and oxygen atoms in total. The van der Waals surface area contributed by atoms with Crippen molar-refractivity contribution in [1.82, 2.24) is 0 Å². The third-order valence-corrected chi connectivity index (χ3v) is 4.53. The summed E-state index contributed by atoms with van der Waals surface area (Å²) in [5, 5.41) is 13.0. The summed E-state index contributed by atoms with van der Waals surface area (Å²) in [7, 11) is 0. The van der Waals surface area contributed by atoms with Crippen LogP contribution in [0.25, 0.3) is 0 Å². The van der Waals surface area contributed by atoms with Gasteiger partial charge in [0.2, 0.25) is 0 Å². The van der Waals surface area contributed by atoms with E-state index in [-0.39, 0.29) is 11.5 Å². The topological polar surface area (TPSA) is 49.3 Å². The second-order valence-electron chi connectivity index (χ2n) is 6.22. The van der Waals surface area contributed by atoms with Crippen LogP contribution in [0.3, 0.4) is 0 Å². The molecule has 2 aliphatic carbocycles. The lowest BCUT2D eigenvalue weighted by Gasteiger charge is -2.16. The normalized spacial score (nSPS) is 18.4. The zero-order valence-corrected chi connectivity index (χ0v) is 13.7. The molecule has 0 heterocycles. The number of allylic oxidation sites excluding steroid dienone is 3. The smallest absolute Gasteiger partial charge is 0.193 e. The zero-order chi connectivity index (χ0) is 18.3. The van der Waals surface area contributed by atoms with Gasteiger partial charge in [-0.2, -0.15) is 0 Å². The third-order valence-electron chi connectivity index (χ3n) is 4.53. The molecule has 2 aromatic carbocycles. The van der Waals surface area contributed by atoms with Crippen molar-refractivity contribution in [2.45, 2.75) is 12.5 Å². The van der Waals surface area contributed by atoms with Gasteiger partial charge in [-0.25, -0.2) is 8.78 Å². The number of carbonyl (C=O) groups excluding carboxylic acids is 1. The highest BCUT2D eigenvalue weighted by Crippen LogP contribution is 2.31. The number of anilines is 2. The monoisotopic (exact) mass is 351 g/mol. The number of aliphatic hydroxyl groups is 1. The zero-order valence-electron chi connectivity index (χ0n) is 13.7. The van der Waals surface area contributed by atoms with Crippen LogP contribution in [0, 0.1) is 11.6 Å². The molecule has 130 valence electrons. The number of nitrogens with one attached hydrogen (secondary N) is 1. The summed E-state index contributed by atoms with van der Waals surface area (Å²) in [6, 6.07) is 8.44. The van der Waals surface area contributed by atoms with Gasteiger partial charge in [-0.05, 0) is 47.9 Å². The lowest BCUT2D eigenvalue weighted by molar-refractivity contribution is 0.103. The molecule has 0 aliphatic heterocycles. The van der Waals surface area contributed by atoms with Crippen molar-refractivity contribution in [1.29, 1.82) is 0 Å². The fourth-order valence-electron chi connectivity index (χ4n) is 3.23. The highest BCUT2D eigenvalue weighted by molar-refractivity contribution is 6.13. The summed E-state index contributed by atoms with van der Waals surface area (Å²) in [5.41, 5.74) is 3.17. The van der Waals surface area contributed by atoms with Gasteiger partial charge in [0.1, 0.15) is 11.6 Å². The summed E-state index contributed by atoms with van der Waals surface area (Å²) in [6.45, 7) is 0. The molecule has 0 fully saturated rings. The van der Waals surface area contributed by atoms with Crippen LogP contribution >= 0.6 is 0 Å². The SMILES string of the molecule is O=C1C2=CC=CC(O)C2=CCc2cc(Nc3ccc(F)cc3F)ccc21. The Hall–Kier alpha value is -3.05. The first-order valence-corrected chi connectivity index (χ1v) is 8.19. The number of carbonyl (C=O) groups is 1. The average Bonchev–Trinajstić information content (AvgIpc) is 2.76. The Balaban J connectivity index is 1.69. The van der Waals surface area contributed by atoms with Crippen LogP contribution in [-0.4, -0.2) is 17.0 Å². The van der Waals surface area contributed by atoms with Crippen molar-refractivity contribution >= 4 is 17.2 Å². The van der Waals surface area contributed by atoms with Gasteiger partial charge in [-0.1, -0.05) is 24.3 Å². The van der Waals surface area contributed by atoms with Crippen LogP contribution in [0.1, 0.15) is 15.9 Å². The maximum atomic E-state index is 13.8. The molecule has 2 aliphatic rings. The molecule has 0 saturated heterocycles. The number of halogens is 2. The summed E-state index contributed by atoms with van der Waals surface area (Å²) in [6.07, 6.45) is 6.53. The number of rotatable bonds is 2. The van der Waals surface area contributed by atoms with Crippen LogP contribution in [0.5, 0.6) is 0 Å². The van der Waals surface area contributed by atoms with Crippen molar-refractivity contribution in [3.05, 3.63) is 94.6 Å². The first-order valence-electron chi connectivity index (χ1n) is 8.19. The fraction of sp³-hybridized carbons (Fsp3) is 0.0952. The minimum absolute atomic E-state index is 0.147. The van der Waals surface area contributed by atoms with Crippen LogP contribution in [0.15, 0.2) is 71.8 Å². The van der Waals surface area contributed by atoms with Crippen LogP contribution < -0.4 is 5.32 Å². The Morgan fingerprint density at radius 2 is 1.96 bits per heavy atom. The minimum Gasteiger partial charge on any atom is -0.384 e. The Labute approximate surface area is 149 Å². The molecule has 0 spiro atoms. The van der Waals surface area contributed by atoms with Crippen molar-refractivity contribution in [2.75, 3.05) is 5.32 Å². The van der Waals surface area contributed by atoms with E-state index >= 15 is 0 Å². The van der Waals surface area contributed by atoms with Gasteiger partial charge in [-0.15, -0.1) is 0 Å². The second-order valence-corrected chi connectivity index (χ2v) is 6.22. The average molecular weight is 351 g/mol. The van der Waals surface area contributed by atoms with Gasteiger partial charge < -0.3 is 10.4 Å². The third kappa shape index (κ3) is 2.86. The van der Waals surface area contributed by atoms with E-state index in [4.69, 9.17) is 0 Å². The molecule has 0 bridgehead atoms. The number of hydrogen-bond donors (Lipinski definition) is 2. The Bertz CT molecular complexity index is 1010. The van der Waals surface area contributed by atoms with Crippen LogP contribution in [0.4, 0.5) is 20.2 Å². The quantitative estimate of drug-likeness (QED) is 0.851. The molecule has 0 aromatic heterocycles. The largest absolute Gasteiger partial charge is 0.384 e. The van der Waals surface area contributed by atoms with Gasteiger partial charge in [0, 0.05) is 22.9 Å². The van der Waals surface area contributed by atoms with Crippen molar-refractivity contribution in [3.63, 3.8) is 0 Å². The minimum atomic E-state index is -0.792. The van der Waals surface area contributed by atoms with E-state index in [9.17, 15) is 18.7 Å².